The van der Waals surface area contributed by atoms with Gasteiger partial charge in [-0.2, -0.15) is 0 Å². The second-order valence-corrected chi connectivity index (χ2v) is 7.63. The van der Waals surface area contributed by atoms with E-state index in [1.807, 2.05) is 48.3 Å². The van der Waals surface area contributed by atoms with E-state index in [9.17, 15) is 4.79 Å². The molecule has 28 heavy (non-hydrogen) atoms. The predicted octanol–water partition coefficient (Wildman–Crippen LogP) is 5.17. The maximum atomic E-state index is 12.7. The number of nitrogens with zero attached hydrogens (tertiary/aromatic N) is 1. The molecule has 1 unspecified atom stereocenters. The second-order valence-electron chi connectivity index (χ2n) is 7.63. The Hall–Kier alpha value is -2.49. The van der Waals surface area contributed by atoms with E-state index in [1.165, 1.54) is 12.8 Å². The van der Waals surface area contributed by atoms with Gasteiger partial charge in [0.25, 0.3) is 0 Å². The molecule has 0 aromatic heterocycles. The molecule has 0 aliphatic heterocycles. The van der Waals surface area contributed by atoms with Crippen LogP contribution in [0.25, 0.3) is 0 Å². The maximum absolute atomic E-state index is 12.7. The standard InChI is InChI=1S/C24H31NO3/c1-18(20-12-14-21(27-3)15-13-20)25(2)24(26)16-11-19-7-6-10-23(17-19)28-22-8-4-5-9-22/h6-7,10,12-15,17-18,22H,4-5,8-9,11,16H2,1-3H3. The smallest absolute Gasteiger partial charge is 0.223 e. The van der Waals surface area contributed by atoms with Crippen LogP contribution in [0.15, 0.2) is 48.5 Å². The van der Waals surface area contributed by atoms with E-state index in [2.05, 4.69) is 19.1 Å². The van der Waals surface area contributed by atoms with E-state index in [0.717, 1.165) is 41.9 Å². The fourth-order valence-electron chi connectivity index (χ4n) is 3.72. The van der Waals surface area contributed by atoms with E-state index in [4.69, 9.17) is 9.47 Å². The van der Waals surface area contributed by atoms with Crippen molar-refractivity contribution in [3.8, 4) is 11.5 Å². The van der Waals surface area contributed by atoms with Crippen molar-refractivity contribution in [2.75, 3.05) is 14.2 Å². The lowest BCUT2D eigenvalue weighted by atomic mass is 10.1. The average Bonchev–Trinajstić information content (AvgIpc) is 3.24. The minimum atomic E-state index is 0.0236. The molecule has 1 atom stereocenters. The number of aryl methyl sites for hydroxylation is 1. The number of hydrogen-bond acceptors (Lipinski definition) is 3. The zero-order chi connectivity index (χ0) is 19.9. The predicted molar refractivity (Wildman–Crippen MR) is 112 cm³/mol. The van der Waals surface area contributed by atoms with Crippen molar-refractivity contribution in [1.29, 1.82) is 0 Å². The van der Waals surface area contributed by atoms with Gasteiger partial charge < -0.3 is 14.4 Å². The zero-order valence-electron chi connectivity index (χ0n) is 17.2. The SMILES string of the molecule is COc1ccc(C(C)N(C)C(=O)CCc2cccc(OC3CCCC3)c2)cc1. The van der Waals surface area contributed by atoms with Gasteiger partial charge in [0, 0.05) is 13.5 Å². The molecule has 0 N–H and O–H groups in total. The number of methoxy groups -OCH3 is 1. The Morgan fingerprint density at radius 2 is 1.82 bits per heavy atom. The highest BCUT2D eigenvalue weighted by Gasteiger charge is 2.18. The first-order valence-electron chi connectivity index (χ1n) is 10.2. The summed E-state index contributed by atoms with van der Waals surface area (Å²) in [6.45, 7) is 2.05. The summed E-state index contributed by atoms with van der Waals surface area (Å²) in [6, 6.07) is 16.1. The van der Waals surface area contributed by atoms with E-state index >= 15 is 0 Å². The van der Waals surface area contributed by atoms with Gasteiger partial charge in [0.2, 0.25) is 5.91 Å². The van der Waals surface area contributed by atoms with Gasteiger partial charge in [0.1, 0.15) is 11.5 Å². The van der Waals surface area contributed by atoms with Crippen molar-refractivity contribution < 1.29 is 14.3 Å². The molecule has 1 amide bonds. The zero-order valence-corrected chi connectivity index (χ0v) is 17.2. The number of amides is 1. The Kier molecular flexibility index (Phi) is 6.96. The second kappa shape index (κ2) is 9.63. The number of rotatable bonds is 8. The normalized spacial score (nSPS) is 15.2. The molecular formula is C24H31NO3. The van der Waals surface area contributed by atoms with Gasteiger partial charge in [0.15, 0.2) is 0 Å². The molecule has 3 rings (SSSR count). The van der Waals surface area contributed by atoms with Crippen molar-refractivity contribution in [3.05, 3.63) is 59.7 Å². The molecule has 150 valence electrons. The Morgan fingerprint density at radius 1 is 1.11 bits per heavy atom. The summed E-state index contributed by atoms with van der Waals surface area (Å²) in [5.74, 6) is 1.90. The number of hydrogen-bond donors (Lipinski definition) is 0. The van der Waals surface area contributed by atoms with Gasteiger partial charge >= 0.3 is 0 Å². The molecule has 0 heterocycles. The largest absolute Gasteiger partial charge is 0.497 e. The summed E-state index contributed by atoms with van der Waals surface area (Å²) in [7, 11) is 3.53. The van der Waals surface area contributed by atoms with Crippen molar-refractivity contribution >= 4 is 5.91 Å². The lowest BCUT2D eigenvalue weighted by Crippen LogP contribution is -2.29. The molecule has 1 fully saturated rings. The summed E-state index contributed by atoms with van der Waals surface area (Å²) < 4.78 is 11.3. The van der Waals surface area contributed by atoms with Crippen LogP contribution in [0.3, 0.4) is 0 Å². The summed E-state index contributed by atoms with van der Waals surface area (Å²) in [5, 5.41) is 0. The summed E-state index contributed by atoms with van der Waals surface area (Å²) >= 11 is 0. The first-order chi connectivity index (χ1) is 13.6. The van der Waals surface area contributed by atoms with Gasteiger partial charge in [-0.1, -0.05) is 24.3 Å². The Balaban J connectivity index is 1.53. The molecule has 0 radical (unpaired) electrons. The number of benzene rings is 2. The molecule has 4 nitrogen and oxygen atoms in total. The van der Waals surface area contributed by atoms with Crippen LogP contribution in [-0.2, 0) is 11.2 Å². The highest BCUT2D eigenvalue weighted by atomic mass is 16.5. The van der Waals surface area contributed by atoms with Crippen LogP contribution in [-0.4, -0.2) is 31.1 Å². The maximum Gasteiger partial charge on any atom is 0.223 e. The fourth-order valence-corrected chi connectivity index (χ4v) is 3.72. The lowest BCUT2D eigenvalue weighted by molar-refractivity contribution is -0.131. The first-order valence-corrected chi connectivity index (χ1v) is 10.2. The molecule has 0 bridgehead atoms. The van der Waals surface area contributed by atoms with Gasteiger partial charge in [-0.15, -0.1) is 0 Å². The summed E-state index contributed by atoms with van der Waals surface area (Å²) in [4.78, 5) is 14.5. The van der Waals surface area contributed by atoms with Crippen molar-refractivity contribution in [1.82, 2.24) is 4.90 Å². The van der Waals surface area contributed by atoms with Gasteiger partial charge in [-0.3, -0.25) is 4.79 Å². The van der Waals surface area contributed by atoms with Crippen LogP contribution in [0, 0.1) is 0 Å². The molecule has 0 saturated heterocycles. The van der Waals surface area contributed by atoms with E-state index in [0.29, 0.717) is 12.5 Å². The molecule has 1 aliphatic carbocycles. The highest BCUT2D eigenvalue weighted by molar-refractivity contribution is 5.76. The minimum Gasteiger partial charge on any atom is -0.497 e. The average molecular weight is 382 g/mol. The summed E-state index contributed by atoms with van der Waals surface area (Å²) in [6.07, 6.45) is 6.39. The molecule has 0 spiro atoms. The molecule has 4 heteroatoms. The fraction of sp³-hybridized carbons (Fsp3) is 0.458. The van der Waals surface area contributed by atoms with E-state index < -0.39 is 0 Å². The first kappa shape index (κ1) is 20.2. The number of ether oxygens (including phenoxy) is 2. The van der Waals surface area contributed by atoms with Crippen LogP contribution >= 0.6 is 0 Å². The topological polar surface area (TPSA) is 38.8 Å². The quantitative estimate of drug-likeness (QED) is 0.633. The van der Waals surface area contributed by atoms with Gasteiger partial charge in [-0.25, -0.2) is 0 Å². The Morgan fingerprint density at radius 3 is 2.50 bits per heavy atom. The molecule has 2 aromatic rings. The lowest BCUT2D eigenvalue weighted by Gasteiger charge is -2.25. The third kappa shape index (κ3) is 5.28. The van der Waals surface area contributed by atoms with Crippen molar-refractivity contribution in [2.45, 2.75) is 57.6 Å². The van der Waals surface area contributed by atoms with Crippen LogP contribution in [0.1, 0.15) is 56.2 Å². The van der Waals surface area contributed by atoms with Gasteiger partial charge in [0.05, 0.1) is 19.3 Å². The van der Waals surface area contributed by atoms with Crippen molar-refractivity contribution in [2.24, 2.45) is 0 Å². The van der Waals surface area contributed by atoms with Crippen LogP contribution in [0.5, 0.6) is 11.5 Å². The molecular weight excluding hydrogens is 350 g/mol. The number of carbonyl (C=O) groups is 1. The minimum absolute atomic E-state index is 0.0236. The number of carbonyl (C=O) groups excluding carboxylic acids is 1. The Bertz CT molecular complexity index is 766. The third-order valence-corrected chi connectivity index (χ3v) is 5.70. The Labute approximate surface area is 168 Å². The summed E-state index contributed by atoms with van der Waals surface area (Å²) in [5.41, 5.74) is 2.25. The van der Waals surface area contributed by atoms with Crippen LogP contribution < -0.4 is 9.47 Å². The molecule has 1 aliphatic rings. The monoisotopic (exact) mass is 381 g/mol. The van der Waals surface area contributed by atoms with Crippen molar-refractivity contribution in [3.63, 3.8) is 0 Å². The molecule has 2 aromatic carbocycles. The van der Waals surface area contributed by atoms with E-state index in [-0.39, 0.29) is 11.9 Å². The van der Waals surface area contributed by atoms with Crippen LogP contribution in [0.4, 0.5) is 0 Å². The molecule has 1 saturated carbocycles. The van der Waals surface area contributed by atoms with Gasteiger partial charge in [-0.05, 0) is 74.4 Å². The third-order valence-electron chi connectivity index (χ3n) is 5.70. The highest BCUT2D eigenvalue weighted by Crippen LogP contribution is 2.25. The van der Waals surface area contributed by atoms with Crippen LogP contribution in [0.2, 0.25) is 0 Å². The van der Waals surface area contributed by atoms with E-state index in [1.54, 1.807) is 7.11 Å².